The second kappa shape index (κ2) is 5.55. The van der Waals surface area contributed by atoms with Crippen molar-refractivity contribution in [3.05, 3.63) is 47.4 Å². The van der Waals surface area contributed by atoms with Crippen molar-refractivity contribution >= 4 is 11.6 Å². The Kier molecular flexibility index (Phi) is 3.62. The Morgan fingerprint density at radius 3 is 2.79 bits per heavy atom. The summed E-state index contributed by atoms with van der Waals surface area (Å²) in [5.41, 5.74) is 0. The number of furan rings is 1. The van der Waals surface area contributed by atoms with Crippen LogP contribution in [-0.2, 0) is 6.54 Å². The maximum absolute atomic E-state index is 5.83. The molecule has 1 atom stereocenters. The predicted octanol–water partition coefficient (Wildman–Crippen LogP) is 2.86. The van der Waals surface area contributed by atoms with Crippen molar-refractivity contribution in [1.29, 1.82) is 0 Å². The molecule has 1 aliphatic rings. The first kappa shape index (κ1) is 12.4. The van der Waals surface area contributed by atoms with E-state index in [4.69, 9.17) is 25.5 Å². The second-order valence-electron chi connectivity index (χ2n) is 4.33. The lowest BCUT2D eigenvalue weighted by Crippen LogP contribution is -2.38. The lowest BCUT2D eigenvalue weighted by atomic mass is 10.2. The van der Waals surface area contributed by atoms with Gasteiger partial charge in [-0.3, -0.25) is 0 Å². The smallest absolute Gasteiger partial charge is 0.193 e. The van der Waals surface area contributed by atoms with Crippen molar-refractivity contribution in [1.82, 2.24) is 5.32 Å². The van der Waals surface area contributed by atoms with E-state index in [2.05, 4.69) is 5.32 Å². The molecule has 1 aliphatic heterocycles. The molecule has 0 aliphatic carbocycles. The van der Waals surface area contributed by atoms with Gasteiger partial charge in [-0.25, -0.2) is 0 Å². The average Bonchev–Trinajstić information content (AvgIpc) is 2.84. The summed E-state index contributed by atoms with van der Waals surface area (Å²) in [5.74, 6) is 2.40. The number of benzene rings is 1. The summed E-state index contributed by atoms with van der Waals surface area (Å²) in [5, 5.41) is 3.66. The van der Waals surface area contributed by atoms with Gasteiger partial charge in [-0.2, -0.15) is 0 Å². The van der Waals surface area contributed by atoms with E-state index in [0.29, 0.717) is 24.9 Å². The van der Waals surface area contributed by atoms with Crippen molar-refractivity contribution in [3.8, 4) is 11.5 Å². The van der Waals surface area contributed by atoms with Gasteiger partial charge < -0.3 is 19.2 Å². The van der Waals surface area contributed by atoms with E-state index >= 15 is 0 Å². The Bertz CT molecular complexity index is 555. The lowest BCUT2D eigenvalue weighted by molar-refractivity contribution is 0.0898. The quantitative estimate of drug-likeness (QED) is 0.935. The molecular weight excluding hydrogens is 266 g/mol. The van der Waals surface area contributed by atoms with Gasteiger partial charge in [-0.15, -0.1) is 0 Å². The molecule has 100 valence electrons. The number of hydrogen-bond acceptors (Lipinski definition) is 4. The summed E-state index contributed by atoms with van der Waals surface area (Å²) >= 11 is 5.71. The molecule has 1 N–H and O–H groups in total. The topological polar surface area (TPSA) is 43.6 Å². The van der Waals surface area contributed by atoms with Crippen LogP contribution in [-0.4, -0.2) is 19.3 Å². The summed E-state index contributed by atoms with van der Waals surface area (Å²) in [4.78, 5) is 0. The number of ether oxygens (including phenoxy) is 2. The van der Waals surface area contributed by atoms with Crippen molar-refractivity contribution in [2.45, 2.75) is 12.6 Å². The third-order valence-corrected chi connectivity index (χ3v) is 3.07. The Morgan fingerprint density at radius 2 is 2.00 bits per heavy atom. The molecule has 1 unspecified atom stereocenters. The van der Waals surface area contributed by atoms with E-state index in [-0.39, 0.29) is 6.10 Å². The molecule has 0 amide bonds. The number of halogens is 1. The van der Waals surface area contributed by atoms with E-state index in [0.717, 1.165) is 17.3 Å². The third kappa shape index (κ3) is 3.03. The molecule has 0 spiro atoms. The first-order valence-electron chi connectivity index (χ1n) is 6.15. The fourth-order valence-electron chi connectivity index (χ4n) is 1.97. The first-order chi connectivity index (χ1) is 9.31. The number of rotatable bonds is 4. The highest BCUT2D eigenvalue weighted by atomic mass is 35.5. The zero-order valence-electron chi connectivity index (χ0n) is 10.3. The number of para-hydroxylation sites is 2. The van der Waals surface area contributed by atoms with Crippen LogP contribution in [0.25, 0.3) is 0 Å². The van der Waals surface area contributed by atoms with Gasteiger partial charge in [0.05, 0.1) is 6.54 Å². The Hall–Kier alpha value is -1.65. The minimum Gasteiger partial charge on any atom is -0.486 e. The van der Waals surface area contributed by atoms with E-state index < -0.39 is 0 Å². The van der Waals surface area contributed by atoms with Gasteiger partial charge in [-0.05, 0) is 35.9 Å². The number of nitrogens with one attached hydrogen (secondary N) is 1. The van der Waals surface area contributed by atoms with Crippen LogP contribution in [0.5, 0.6) is 11.5 Å². The normalized spacial score (nSPS) is 17.4. The average molecular weight is 280 g/mol. The molecule has 0 fully saturated rings. The third-order valence-electron chi connectivity index (χ3n) is 2.87. The molecule has 0 radical (unpaired) electrons. The Morgan fingerprint density at radius 1 is 1.16 bits per heavy atom. The Labute approximate surface area is 116 Å². The van der Waals surface area contributed by atoms with E-state index in [9.17, 15) is 0 Å². The summed E-state index contributed by atoms with van der Waals surface area (Å²) < 4.78 is 16.7. The van der Waals surface area contributed by atoms with Gasteiger partial charge in [0, 0.05) is 6.54 Å². The molecule has 4 nitrogen and oxygen atoms in total. The van der Waals surface area contributed by atoms with E-state index in [1.807, 2.05) is 30.3 Å². The summed E-state index contributed by atoms with van der Waals surface area (Å²) in [6, 6.07) is 11.3. The van der Waals surface area contributed by atoms with Crippen LogP contribution in [0.1, 0.15) is 5.76 Å². The molecule has 3 rings (SSSR count). The monoisotopic (exact) mass is 279 g/mol. The first-order valence-corrected chi connectivity index (χ1v) is 6.52. The van der Waals surface area contributed by atoms with Crippen LogP contribution in [0.15, 0.2) is 40.8 Å². The van der Waals surface area contributed by atoms with Crippen LogP contribution in [0, 0.1) is 0 Å². The molecule has 0 saturated heterocycles. The minimum atomic E-state index is 0.000309. The summed E-state index contributed by atoms with van der Waals surface area (Å²) in [7, 11) is 0. The molecule has 0 bridgehead atoms. The molecule has 5 heteroatoms. The number of hydrogen-bond donors (Lipinski definition) is 1. The van der Waals surface area contributed by atoms with Crippen LogP contribution >= 0.6 is 11.6 Å². The van der Waals surface area contributed by atoms with Crippen molar-refractivity contribution in [2.24, 2.45) is 0 Å². The van der Waals surface area contributed by atoms with Crippen molar-refractivity contribution in [2.75, 3.05) is 13.2 Å². The zero-order chi connectivity index (χ0) is 13.1. The number of fused-ring (bicyclic) bond motifs is 1. The molecule has 2 aromatic rings. The van der Waals surface area contributed by atoms with Crippen molar-refractivity contribution in [3.63, 3.8) is 0 Å². The predicted molar refractivity (Wildman–Crippen MR) is 71.8 cm³/mol. The van der Waals surface area contributed by atoms with Crippen LogP contribution in [0.4, 0.5) is 0 Å². The van der Waals surface area contributed by atoms with Gasteiger partial charge >= 0.3 is 0 Å². The van der Waals surface area contributed by atoms with Crippen LogP contribution in [0.2, 0.25) is 5.22 Å². The molecule has 1 aromatic carbocycles. The summed E-state index contributed by atoms with van der Waals surface area (Å²) in [6.07, 6.45) is 0.000309. The zero-order valence-corrected chi connectivity index (χ0v) is 11.0. The molecule has 1 aromatic heterocycles. The highest BCUT2D eigenvalue weighted by Gasteiger charge is 2.19. The maximum Gasteiger partial charge on any atom is 0.193 e. The van der Waals surface area contributed by atoms with Gasteiger partial charge in [0.15, 0.2) is 16.7 Å². The van der Waals surface area contributed by atoms with Crippen molar-refractivity contribution < 1.29 is 13.9 Å². The summed E-state index contributed by atoms with van der Waals surface area (Å²) in [6.45, 7) is 1.85. The highest BCUT2D eigenvalue weighted by molar-refractivity contribution is 6.28. The fraction of sp³-hybridized carbons (Fsp3) is 0.286. The van der Waals surface area contributed by atoms with E-state index in [1.165, 1.54) is 0 Å². The van der Waals surface area contributed by atoms with Gasteiger partial charge in [0.2, 0.25) is 0 Å². The van der Waals surface area contributed by atoms with E-state index in [1.54, 1.807) is 6.07 Å². The van der Waals surface area contributed by atoms with Crippen LogP contribution in [0.3, 0.4) is 0 Å². The van der Waals surface area contributed by atoms with Crippen LogP contribution < -0.4 is 14.8 Å². The lowest BCUT2D eigenvalue weighted by Gasteiger charge is -2.26. The SMILES string of the molecule is Clc1ccc(CNCC2COc3ccccc3O2)o1. The molecular formula is C14H14ClNO3. The Balaban J connectivity index is 1.50. The largest absolute Gasteiger partial charge is 0.486 e. The highest BCUT2D eigenvalue weighted by Crippen LogP contribution is 2.30. The fourth-order valence-corrected chi connectivity index (χ4v) is 2.13. The van der Waals surface area contributed by atoms with Gasteiger partial charge in [0.25, 0.3) is 0 Å². The maximum atomic E-state index is 5.83. The van der Waals surface area contributed by atoms with Gasteiger partial charge in [0.1, 0.15) is 18.5 Å². The standard InChI is InChI=1S/C14H14ClNO3/c15-14-6-5-10(19-14)7-16-8-11-9-17-12-3-1-2-4-13(12)18-11/h1-6,11,16H,7-9H2. The van der Waals surface area contributed by atoms with Gasteiger partial charge in [-0.1, -0.05) is 12.1 Å². The molecule has 19 heavy (non-hydrogen) atoms. The minimum absolute atomic E-state index is 0.000309. The molecule has 2 heterocycles. The second-order valence-corrected chi connectivity index (χ2v) is 4.71. The molecule has 0 saturated carbocycles.